The van der Waals surface area contributed by atoms with Crippen LogP contribution in [0.1, 0.15) is 17.2 Å². The number of rotatable bonds is 2. The molecular weight excluding hydrogens is 505 g/mol. The molecule has 4 aromatic rings. The number of thioether (sulfide) groups is 2. The zero-order valence-corrected chi connectivity index (χ0v) is 22.2. The van der Waals surface area contributed by atoms with Crippen LogP contribution in [0.15, 0.2) is 107 Å². The van der Waals surface area contributed by atoms with Crippen LogP contribution in [0.25, 0.3) is 38.9 Å². The first-order valence-corrected chi connectivity index (χ1v) is 15.1. The number of para-hydroxylation sites is 1. The Morgan fingerprint density at radius 2 is 1.53 bits per heavy atom. The van der Waals surface area contributed by atoms with Crippen molar-refractivity contribution in [2.45, 2.75) is 27.7 Å². The van der Waals surface area contributed by atoms with Crippen molar-refractivity contribution >= 4 is 62.4 Å². The lowest BCUT2D eigenvalue weighted by Gasteiger charge is -2.19. The number of allylic oxidation sites excluding steroid dienone is 6. The largest absolute Gasteiger partial charge is 0.322 e. The lowest BCUT2D eigenvalue weighted by Crippen LogP contribution is -2.33. The number of aromatic nitrogens is 3. The van der Waals surface area contributed by atoms with Gasteiger partial charge in [0.1, 0.15) is 21.6 Å². The molecule has 4 atom stereocenters. The summed E-state index contributed by atoms with van der Waals surface area (Å²) in [5.74, 6) is 0. The zero-order valence-electron chi connectivity index (χ0n) is 20.6. The summed E-state index contributed by atoms with van der Waals surface area (Å²) in [5.41, 5.74) is 7.57. The van der Waals surface area contributed by atoms with Gasteiger partial charge in [0.05, 0.1) is 32.4 Å². The molecule has 0 spiro atoms. The third-order valence-corrected chi connectivity index (χ3v) is 10.9. The molecular formula is C32H24N4S2. The molecule has 0 saturated carbocycles. The predicted molar refractivity (Wildman–Crippen MR) is 161 cm³/mol. The highest BCUT2D eigenvalue weighted by Gasteiger charge is 2.33. The second-order valence-corrected chi connectivity index (χ2v) is 12.8. The van der Waals surface area contributed by atoms with Crippen LogP contribution in [-0.4, -0.2) is 31.2 Å². The normalized spacial score (nSPS) is 26.8. The fourth-order valence-electron chi connectivity index (χ4n) is 6.58. The summed E-state index contributed by atoms with van der Waals surface area (Å²) in [4.78, 5) is 10.2. The first-order valence-electron chi connectivity index (χ1n) is 13.3. The van der Waals surface area contributed by atoms with Crippen LogP contribution in [0.5, 0.6) is 0 Å². The molecule has 6 heteroatoms. The molecule has 0 saturated heterocycles. The van der Waals surface area contributed by atoms with Crippen molar-refractivity contribution in [1.82, 2.24) is 14.1 Å². The molecule has 38 heavy (non-hydrogen) atoms. The van der Waals surface area contributed by atoms with Crippen LogP contribution in [-0.2, 0) is 0 Å². The van der Waals surface area contributed by atoms with Crippen molar-refractivity contribution in [3.63, 3.8) is 0 Å². The number of hydrogen-bond donors (Lipinski definition) is 0. The van der Waals surface area contributed by atoms with E-state index in [0.29, 0.717) is 10.5 Å². The number of fused-ring (bicyclic) bond motifs is 9. The van der Waals surface area contributed by atoms with Crippen molar-refractivity contribution in [3.8, 4) is 0 Å². The average Bonchev–Trinajstić information content (AvgIpc) is 3.72. The fourth-order valence-corrected chi connectivity index (χ4v) is 9.33. The molecule has 1 aromatic carbocycles. The number of nitrogens with zero attached hydrogens (tertiary/aromatic N) is 4. The van der Waals surface area contributed by atoms with Crippen LogP contribution in [0.2, 0.25) is 0 Å². The second kappa shape index (κ2) is 8.01. The van der Waals surface area contributed by atoms with E-state index in [1.165, 1.54) is 43.8 Å². The van der Waals surface area contributed by atoms with E-state index in [1.54, 1.807) is 0 Å². The van der Waals surface area contributed by atoms with Gasteiger partial charge in [-0.15, -0.1) is 23.5 Å². The summed E-state index contributed by atoms with van der Waals surface area (Å²) in [5, 5.41) is 5.97. The van der Waals surface area contributed by atoms with Crippen molar-refractivity contribution in [2.75, 3.05) is 6.54 Å². The Hall–Kier alpha value is -3.48. The molecule has 9 rings (SSSR count). The monoisotopic (exact) mass is 528 g/mol. The standard InChI is InChI=1S/C32H24N4S2/c1-5-13-25-19(8-1)16-27(37-25)35-23-11-4-3-10-21(23)22-18-34-30-29-24(12-7-15-33-29)36(32(30)31(22)35)28-17-20-9-2-6-14-26(20)38-28/h1-6,8-14,16-18,25-28H,7,15H2. The summed E-state index contributed by atoms with van der Waals surface area (Å²) in [6.45, 7) is 0.826. The second-order valence-electron chi connectivity index (χ2n) is 10.3. The van der Waals surface area contributed by atoms with E-state index in [-0.39, 0.29) is 10.7 Å². The molecule has 6 heterocycles. The molecule has 0 N–H and O–H groups in total. The Labute approximate surface area is 228 Å². The van der Waals surface area contributed by atoms with Gasteiger partial charge in [0.2, 0.25) is 0 Å². The minimum atomic E-state index is 0.195. The molecule has 4 nitrogen and oxygen atoms in total. The summed E-state index contributed by atoms with van der Waals surface area (Å²) in [6.07, 6.45) is 28.2. The SMILES string of the molecule is C1=CC2=CC(n3c4c(c5ncc6c7ccccc7n(C7C=C8C=CC=CC8S7)c6c53)=NCCC=4)SC2C=C1. The first-order chi connectivity index (χ1) is 18.8. The molecule has 0 radical (unpaired) electrons. The highest BCUT2D eigenvalue weighted by molar-refractivity contribution is 8.01. The fraction of sp³-hybridized carbons (Fsp3) is 0.188. The molecule has 0 bridgehead atoms. The lowest BCUT2D eigenvalue weighted by molar-refractivity contribution is 0.791. The van der Waals surface area contributed by atoms with Gasteiger partial charge in [0.15, 0.2) is 0 Å². The van der Waals surface area contributed by atoms with Crippen molar-refractivity contribution in [3.05, 3.63) is 113 Å². The van der Waals surface area contributed by atoms with Gasteiger partial charge in [0.25, 0.3) is 0 Å². The van der Waals surface area contributed by atoms with Gasteiger partial charge in [-0.1, -0.05) is 72.9 Å². The van der Waals surface area contributed by atoms with E-state index >= 15 is 0 Å². The van der Waals surface area contributed by atoms with Gasteiger partial charge in [-0.3, -0.25) is 9.98 Å². The highest BCUT2D eigenvalue weighted by atomic mass is 32.2. The van der Waals surface area contributed by atoms with E-state index in [1.807, 2.05) is 23.5 Å². The maximum atomic E-state index is 5.12. The van der Waals surface area contributed by atoms with Crippen LogP contribution in [0, 0.1) is 0 Å². The Bertz CT molecular complexity index is 2010. The van der Waals surface area contributed by atoms with Gasteiger partial charge in [-0.2, -0.15) is 0 Å². The van der Waals surface area contributed by atoms with Crippen LogP contribution in [0.4, 0.5) is 0 Å². The van der Waals surface area contributed by atoms with Crippen molar-refractivity contribution < 1.29 is 0 Å². The van der Waals surface area contributed by atoms with E-state index < -0.39 is 0 Å². The van der Waals surface area contributed by atoms with E-state index in [2.05, 4.69) is 106 Å². The first kappa shape index (κ1) is 21.5. The summed E-state index contributed by atoms with van der Waals surface area (Å²) < 4.78 is 5.13. The maximum absolute atomic E-state index is 5.12. The van der Waals surface area contributed by atoms with E-state index in [4.69, 9.17) is 9.98 Å². The van der Waals surface area contributed by atoms with E-state index in [0.717, 1.165) is 23.8 Å². The van der Waals surface area contributed by atoms with Crippen LogP contribution < -0.4 is 10.7 Å². The molecule has 184 valence electrons. The topological polar surface area (TPSA) is 35.1 Å². The Morgan fingerprint density at radius 3 is 2.29 bits per heavy atom. The predicted octanol–water partition coefficient (Wildman–Crippen LogP) is 6.28. The summed E-state index contributed by atoms with van der Waals surface area (Å²) >= 11 is 4.02. The molecule has 4 unspecified atom stereocenters. The van der Waals surface area contributed by atoms with E-state index in [9.17, 15) is 0 Å². The van der Waals surface area contributed by atoms with Gasteiger partial charge in [-0.05, 0) is 35.8 Å². The molecule has 5 aliphatic rings. The molecule has 2 aliphatic carbocycles. The minimum Gasteiger partial charge on any atom is -0.322 e. The molecule has 3 aromatic heterocycles. The van der Waals surface area contributed by atoms with Gasteiger partial charge in [0, 0.05) is 23.5 Å². The van der Waals surface area contributed by atoms with Gasteiger partial charge >= 0.3 is 0 Å². The van der Waals surface area contributed by atoms with Crippen molar-refractivity contribution in [1.29, 1.82) is 0 Å². The summed E-state index contributed by atoms with van der Waals surface area (Å²) in [7, 11) is 0. The molecule has 0 amide bonds. The van der Waals surface area contributed by atoms with Crippen LogP contribution in [0.3, 0.4) is 0 Å². The Balaban J connectivity index is 1.41. The lowest BCUT2D eigenvalue weighted by atomic mass is 10.1. The van der Waals surface area contributed by atoms with Crippen molar-refractivity contribution in [2.24, 2.45) is 4.99 Å². The average molecular weight is 529 g/mol. The van der Waals surface area contributed by atoms with Gasteiger partial charge < -0.3 is 9.13 Å². The Kier molecular flexibility index (Phi) is 4.52. The maximum Gasteiger partial charge on any atom is 0.116 e. The quantitative estimate of drug-likeness (QED) is 0.307. The zero-order chi connectivity index (χ0) is 24.8. The number of hydrogen-bond acceptors (Lipinski definition) is 4. The highest BCUT2D eigenvalue weighted by Crippen LogP contribution is 2.48. The summed E-state index contributed by atoms with van der Waals surface area (Å²) in [6, 6.07) is 8.83. The molecule has 3 aliphatic heterocycles. The number of pyridine rings is 1. The minimum absolute atomic E-state index is 0.195. The smallest absolute Gasteiger partial charge is 0.116 e. The van der Waals surface area contributed by atoms with Gasteiger partial charge in [-0.25, -0.2) is 0 Å². The number of benzene rings is 1. The third-order valence-electron chi connectivity index (χ3n) is 8.20. The molecule has 0 fully saturated rings. The van der Waals surface area contributed by atoms with Crippen LogP contribution >= 0.6 is 23.5 Å². The third kappa shape index (κ3) is 2.90. The Morgan fingerprint density at radius 1 is 0.789 bits per heavy atom.